The normalized spacial score (nSPS) is 9.62. The van der Waals surface area contributed by atoms with Crippen molar-refractivity contribution in [1.29, 1.82) is 0 Å². The molecule has 2 N–H and O–H groups in total. The van der Waals surface area contributed by atoms with E-state index in [4.69, 9.17) is 14.6 Å². The lowest BCUT2D eigenvalue weighted by molar-refractivity contribution is -0.130. The molecule has 5 nitrogen and oxygen atoms in total. The summed E-state index contributed by atoms with van der Waals surface area (Å²) in [5.41, 5.74) is 0.218. The fourth-order valence-corrected chi connectivity index (χ4v) is 1.19. The maximum Gasteiger partial charge on any atom is 0.335 e. The van der Waals surface area contributed by atoms with Crippen LogP contribution in [0.5, 0.6) is 17.2 Å². The third-order valence-electron chi connectivity index (χ3n) is 2.09. The lowest BCUT2D eigenvalue weighted by atomic mass is 10.1. The molecular formula is C11H12O5. The summed E-state index contributed by atoms with van der Waals surface area (Å²) in [5.74, 6) is -1.05. The highest BCUT2D eigenvalue weighted by Gasteiger charge is 2.15. The van der Waals surface area contributed by atoms with Gasteiger partial charge in [0.15, 0.2) is 11.5 Å². The number of rotatable bonds is 4. The van der Waals surface area contributed by atoms with Gasteiger partial charge in [0.2, 0.25) is 5.75 Å². The van der Waals surface area contributed by atoms with Crippen molar-refractivity contribution in [2.24, 2.45) is 0 Å². The third kappa shape index (κ3) is 2.08. The van der Waals surface area contributed by atoms with E-state index in [9.17, 15) is 9.90 Å². The molecule has 0 fully saturated rings. The highest BCUT2D eigenvalue weighted by atomic mass is 16.5. The average Bonchev–Trinajstić information content (AvgIpc) is 2.28. The summed E-state index contributed by atoms with van der Waals surface area (Å²) >= 11 is 0. The number of phenolic OH excluding ortho intramolecular Hbond substituents is 1. The van der Waals surface area contributed by atoms with Gasteiger partial charge in [0, 0.05) is 0 Å². The number of phenols is 1. The number of carbonyl (C=O) groups is 1. The molecule has 0 spiro atoms. The topological polar surface area (TPSA) is 76.0 Å². The quantitative estimate of drug-likeness (QED) is 0.758. The molecule has 1 aromatic rings. The summed E-state index contributed by atoms with van der Waals surface area (Å²) in [5, 5.41) is 18.4. The first-order valence-corrected chi connectivity index (χ1v) is 4.38. The second kappa shape index (κ2) is 4.57. The second-order valence-corrected chi connectivity index (χ2v) is 3.01. The number of carboxylic acid groups (broad SMARTS) is 1. The Labute approximate surface area is 92.5 Å². The van der Waals surface area contributed by atoms with E-state index in [1.165, 1.54) is 26.4 Å². The van der Waals surface area contributed by atoms with Crippen LogP contribution in [-0.2, 0) is 4.79 Å². The molecule has 0 aromatic heterocycles. The molecule has 0 unspecified atom stereocenters. The van der Waals surface area contributed by atoms with E-state index in [0.29, 0.717) is 5.56 Å². The standard InChI is InChI=1S/C11H12O5/c1-6(11(13)14)7-4-8(15-2)10(12)9(5-7)16-3/h4-5,12H,1H2,2-3H3,(H,13,14). The summed E-state index contributed by atoms with van der Waals surface area (Å²) in [6.07, 6.45) is 0. The van der Waals surface area contributed by atoms with Gasteiger partial charge in [-0.05, 0) is 17.7 Å². The number of ether oxygens (including phenoxy) is 2. The first-order chi connectivity index (χ1) is 7.51. The van der Waals surface area contributed by atoms with Gasteiger partial charge in [-0.25, -0.2) is 4.79 Å². The molecule has 5 heteroatoms. The van der Waals surface area contributed by atoms with E-state index in [1.54, 1.807) is 0 Å². The van der Waals surface area contributed by atoms with Crippen molar-refractivity contribution in [3.8, 4) is 17.2 Å². The van der Waals surface area contributed by atoms with Crippen molar-refractivity contribution in [2.45, 2.75) is 0 Å². The number of methoxy groups -OCH3 is 2. The maximum absolute atomic E-state index is 10.7. The highest BCUT2D eigenvalue weighted by molar-refractivity contribution is 6.14. The Bertz CT molecular complexity index is 411. The van der Waals surface area contributed by atoms with Crippen molar-refractivity contribution in [2.75, 3.05) is 14.2 Å². The molecule has 1 aromatic carbocycles. The zero-order valence-corrected chi connectivity index (χ0v) is 8.98. The summed E-state index contributed by atoms with van der Waals surface area (Å²) in [4.78, 5) is 10.7. The van der Waals surface area contributed by atoms with Gasteiger partial charge in [0.1, 0.15) is 0 Å². The number of aliphatic carboxylic acids is 1. The molecule has 0 bridgehead atoms. The summed E-state index contributed by atoms with van der Waals surface area (Å²) in [6.45, 7) is 3.41. The average molecular weight is 224 g/mol. The smallest absolute Gasteiger partial charge is 0.335 e. The van der Waals surface area contributed by atoms with E-state index in [2.05, 4.69) is 6.58 Å². The lowest BCUT2D eigenvalue weighted by Crippen LogP contribution is -1.99. The molecule has 0 saturated carbocycles. The van der Waals surface area contributed by atoms with E-state index >= 15 is 0 Å². The molecule has 0 aliphatic heterocycles. The summed E-state index contributed by atoms with van der Waals surface area (Å²) < 4.78 is 9.79. The number of hydrogen-bond acceptors (Lipinski definition) is 4. The van der Waals surface area contributed by atoms with E-state index in [-0.39, 0.29) is 22.8 Å². The van der Waals surface area contributed by atoms with Gasteiger partial charge in [0.25, 0.3) is 0 Å². The van der Waals surface area contributed by atoms with Crippen molar-refractivity contribution in [3.05, 3.63) is 24.3 Å². The molecule has 86 valence electrons. The Hall–Kier alpha value is -2.17. The Balaban J connectivity index is 3.32. The van der Waals surface area contributed by atoms with Gasteiger partial charge in [0.05, 0.1) is 19.8 Å². The molecule has 0 aliphatic rings. The summed E-state index contributed by atoms with van der Waals surface area (Å²) in [7, 11) is 2.73. The Morgan fingerprint density at radius 3 is 2.00 bits per heavy atom. The number of aromatic hydroxyl groups is 1. The van der Waals surface area contributed by atoms with Crippen LogP contribution in [-0.4, -0.2) is 30.4 Å². The van der Waals surface area contributed by atoms with Crippen molar-refractivity contribution in [1.82, 2.24) is 0 Å². The monoisotopic (exact) mass is 224 g/mol. The van der Waals surface area contributed by atoms with Gasteiger partial charge in [-0.2, -0.15) is 0 Å². The third-order valence-corrected chi connectivity index (χ3v) is 2.09. The van der Waals surface area contributed by atoms with Gasteiger partial charge in [-0.1, -0.05) is 6.58 Å². The molecule has 0 saturated heterocycles. The van der Waals surface area contributed by atoms with Gasteiger partial charge in [-0.15, -0.1) is 0 Å². The fourth-order valence-electron chi connectivity index (χ4n) is 1.19. The molecule has 0 aliphatic carbocycles. The molecular weight excluding hydrogens is 212 g/mol. The van der Waals surface area contributed by atoms with E-state index < -0.39 is 5.97 Å². The van der Waals surface area contributed by atoms with Crippen LogP contribution in [0, 0.1) is 0 Å². The highest BCUT2D eigenvalue weighted by Crippen LogP contribution is 2.38. The number of carboxylic acids is 1. The van der Waals surface area contributed by atoms with Crippen LogP contribution < -0.4 is 9.47 Å². The molecule has 0 atom stereocenters. The number of benzene rings is 1. The van der Waals surface area contributed by atoms with Crippen LogP contribution in [0.2, 0.25) is 0 Å². The maximum atomic E-state index is 10.7. The molecule has 1 rings (SSSR count). The lowest BCUT2D eigenvalue weighted by Gasteiger charge is -2.10. The van der Waals surface area contributed by atoms with Gasteiger partial charge in [-0.3, -0.25) is 0 Å². The SMILES string of the molecule is C=C(C(=O)O)c1cc(OC)c(O)c(OC)c1. The van der Waals surface area contributed by atoms with Gasteiger partial charge >= 0.3 is 5.97 Å². The largest absolute Gasteiger partial charge is 0.502 e. The van der Waals surface area contributed by atoms with Crippen molar-refractivity contribution < 1.29 is 24.5 Å². The first-order valence-electron chi connectivity index (χ1n) is 4.38. The predicted molar refractivity (Wildman–Crippen MR) is 57.9 cm³/mol. The first kappa shape index (κ1) is 11.9. The second-order valence-electron chi connectivity index (χ2n) is 3.01. The Kier molecular flexibility index (Phi) is 3.40. The van der Waals surface area contributed by atoms with Crippen LogP contribution in [0.3, 0.4) is 0 Å². The Morgan fingerprint density at radius 2 is 1.69 bits per heavy atom. The van der Waals surface area contributed by atoms with Crippen LogP contribution in [0.15, 0.2) is 18.7 Å². The van der Waals surface area contributed by atoms with E-state index in [1.807, 2.05) is 0 Å². The minimum atomic E-state index is -1.14. The molecule has 0 radical (unpaired) electrons. The Morgan fingerprint density at radius 1 is 1.25 bits per heavy atom. The predicted octanol–water partition coefficient (Wildman–Crippen LogP) is 1.51. The molecule has 0 heterocycles. The van der Waals surface area contributed by atoms with Crippen LogP contribution >= 0.6 is 0 Å². The minimum absolute atomic E-state index is 0.100. The van der Waals surface area contributed by atoms with Crippen LogP contribution in [0.1, 0.15) is 5.56 Å². The van der Waals surface area contributed by atoms with E-state index in [0.717, 1.165) is 0 Å². The minimum Gasteiger partial charge on any atom is -0.502 e. The van der Waals surface area contributed by atoms with Crippen molar-refractivity contribution in [3.63, 3.8) is 0 Å². The zero-order chi connectivity index (χ0) is 12.3. The summed E-state index contributed by atoms with van der Waals surface area (Å²) in [6, 6.07) is 2.77. The van der Waals surface area contributed by atoms with Gasteiger partial charge < -0.3 is 19.7 Å². The van der Waals surface area contributed by atoms with Crippen molar-refractivity contribution >= 4 is 11.5 Å². The van der Waals surface area contributed by atoms with Crippen LogP contribution in [0.4, 0.5) is 0 Å². The number of hydrogen-bond donors (Lipinski definition) is 2. The molecule has 16 heavy (non-hydrogen) atoms. The van der Waals surface area contributed by atoms with Crippen LogP contribution in [0.25, 0.3) is 5.57 Å². The fraction of sp³-hybridized carbons (Fsp3) is 0.182. The molecule has 0 amide bonds. The zero-order valence-electron chi connectivity index (χ0n) is 8.98.